The van der Waals surface area contributed by atoms with Crippen molar-refractivity contribution in [3.8, 4) is 0 Å². The van der Waals surface area contributed by atoms with Crippen molar-refractivity contribution in [3.05, 3.63) is 35.9 Å². The summed E-state index contributed by atoms with van der Waals surface area (Å²) in [5.41, 5.74) is 0.920. The molecule has 1 amide bonds. The zero-order valence-electron chi connectivity index (χ0n) is 12.3. The van der Waals surface area contributed by atoms with Crippen LogP contribution in [0.15, 0.2) is 30.3 Å². The average Bonchev–Trinajstić information content (AvgIpc) is 3.10. The second-order valence-corrected chi connectivity index (χ2v) is 6.38. The Morgan fingerprint density at radius 2 is 1.95 bits per heavy atom. The minimum Gasteiger partial charge on any atom is -0.351 e. The van der Waals surface area contributed by atoms with Crippen molar-refractivity contribution in [1.82, 2.24) is 10.2 Å². The predicted octanol–water partition coefficient (Wildman–Crippen LogP) is 2.32. The van der Waals surface area contributed by atoms with Crippen molar-refractivity contribution >= 4 is 5.91 Å². The van der Waals surface area contributed by atoms with Crippen LogP contribution in [0.25, 0.3) is 0 Å². The van der Waals surface area contributed by atoms with Crippen LogP contribution in [0.1, 0.15) is 37.7 Å². The van der Waals surface area contributed by atoms with Crippen LogP contribution < -0.4 is 5.32 Å². The maximum Gasteiger partial charge on any atom is 0.230 e. The standard InChI is InChI=1S/C17H24N2O/c1-19-12-9-15(13-19)18-16(20)17(10-5-6-11-17)14-7-3-2-4-8-14/h2-4,7-8,15H,5-6,9-13H2,1H3,(H,18,20). The molecule has 1 atom stereocenters. The summed E-state index contributed by atoms with van der Waals surface area (Å²) in [7, 11) is 2.12. The fourth-order valence-corrected chi connectivity index (χ4v) is 3.76. The Bertz CT molecular complexity index is 465. The maximum atomic E-state index is 12.9. The van der Waals surface area contributed by atoms with Crippen molar-refractivity contribution < 1.29 is 4.79 Å². The van der Waals surface area contributed by atoms with Gasteiger partial charge in [-0.2, -0.15) is 0 Å². The Kier molecular flexibility index (Phi) is 3.79. The number of likely N-dealkylation sites (N-methyl/N-ethyl adjacent to an activating group) is 1. The molecule has 1 N–H and O–H groups in total. The fourth-order valence-electron chi connectivity index (χ4n) is 3.76. The van der Waals surface area contributed by atoms with Crippen LogP contribution in [0.5, 0.6) is 0 Å². The summed E-state index contributed by atoms with van der Waals surface area (Å²) >= 11 is 0. The third-order valence-corrected chi connectivity index (χ3v) is 4.94. The molecule has 0 radical (unpaired) electrons. The molecule has 1 saturated heterocycles. The molecule has 2 aliphatic rings. The van der Waals surface area contributed by atoms with Crippen LogP contribution in [0.3, 0.4) is 0 Å². The van der Waals surface area contributed by atoms with E-state index in [1.807, 2.05) is 18.2 Å². The Morgan fingerprint density at radius 1 is 1.25 bits per heavy atom. The highest BCUT2D eigenvalue weighted by Gasteiger charge is 2.43. The van der Waals surface area contributed by atoms with E-state index in [1.165, 1.54) is 5.56 Å². The van der Waals surface area contributed by atoms with Crippen molar-refractivity contribution in [1.29, 1.82) is 0 Å². The van der Waals surface area contributed by atoms with Gasteiger partial charge in [-0.05, 0) is 38.4 Å². The molecule has 1 heterocycles. The molecule has 1 aromatic carbocycles. The first-order valence-electron chi connectivity index (χ1n) is 7.76. The topological polar surface area (TPSA) is 32.3 Å². The fraction of sp³-hybridized carbons (Fsp3) is 0.588. The van der Waals surface area contributed by atoms with Gasteiger partial charge in [0.2, 0.25) is 5.91 Å². The number of rotatable bonds is 3. The first-order valence-corrected chi connectivity index (χ1v) is 7.76. The minimum atomic E-state index is -0.275. The third-order valence-electron chi connectivity index (χ3n) is 4.94. The van der Waals surface area contributed by atoms with Crippen molar-refractivity contribution in [2.24, 2.45) is 0 Å². The number of nitrogens with one attached hydrogen (secondary N) is 1. The SMILES string of the molecule is CN1CCC(NC(=O)C2(c3ccccc3)CCCC2)C1. The molecule has 1 saturated carbocycles. The highest BCUT2D eigenvalue weighted by Crippen LogP contribution is 2.41. The molecule has 0 aromatic heterocycles. The van der Waals surface area contributed by atoms with Gasteiger partial charge in [-0.1, -0.05) is 43.2 Å². The molecule has 3 heteroatoms. The summed E-state index contributed by atoms with van der Waals surface area (Å²) in [4.78, 5) is 15.2. The molecule has 1 aliphatic heterocycles. The third kappa shape index (κ3) is 2.47. The molecule has 0 bridgehead atoms. The summed E-state index contributed by atoms with van der Waals surface area (Å²) in [6.07, 6.45) is 5.38. The van der Waals surface area contributed by atoms with Gasteiger partial charge < -0.3 is 10.2 Å². The average molecular weight is 272 g/mol. The Balaban J connectivity index is 1.78. The molecule has 20 heavy (non-hydrogen) atoms. The molecule has 0 spiro atoms. The molecule has 1 aromatic rings. The number of hydrogen-bond acceptors (Lipinski definition) is 2. The molecule has 3 rings (SSSR count). The van der Waals surface area contributed by atoms with E-state index in [4.69, 9.17) is 0 Å². The first kappa shape index (κ1) is 13.6. The van der Waals surface area contributed by atoms with Crippen LogP contribution in [-0.2, 0) is 10.2 Å². The van der Waals surface area contributed by atoms with E-state index in [0.29, 0.717) is 6.04 Å². The Labute approximate surface area is 121 Å². The van der Waals surface area contributed by atoms with Crippen molar-refractivity contribution in [3.63, 3.8) is 0 Å². The zero-order valence-corrected chi connectivity index (χ0v) is 12.3. The second kappa shape index (κ2) is 5.57. The van der Waals surface area contributed by atoms with E-state index < -0.39 is 0 Å². The van der Waals surface area contributed by atoms with Gasteiger partial charge in [0, 0.05) is 12.6 Å². The van der Waals surface area contributed by atoms with Gasteiger partial charge in [-0.15, -0.1) is 0 Å². The van der Waals surface area contributed by atoms with E-state index in [-0.39, 0.29) is 11.3 Å². The van der Waals surface area contributed by atoms with Gasteiger partial charge in [0.25, 0.3) is 0 Å². The van der Waals surface area contributed by atoms with Crippen LogP contribution in [0, 0.1) is 0 Å². The molecule has 2 fully saturated rings. The largest absolute Gasteiger partial charge is 0.351 e. The van der Waals surface area contributed by atoms with E-state index >= 15 is 0 Å². The maximum absolute atomic E-state index is 12.9. The van der Waals surface area contributed by atoms with Gasteiger partial charge >= 0.3 is 0 Å². The van der Waals surface area contributed by atoms with Gasteiger partial charge in [0.15, 0.2) is 0 Å². The summed E-state index contributed by atoms with van der Waals surface area (Å²) < 4.78 is 0. The van der Waals surface area contributed by atoms with Gasteiger partial charge in [0.05, 0.1) is 5.41 Å². The number of carbonyl (C=O) groups excluding carboxylic acids is 1. The smallest absolute Gasteiger partial charge is 0.230 e. The lowest BCUT2D eigenvalue weighted by molar-refractivity contribution is -0.127. The molecule has 1 unspecified atom stereocenters. The van der Waals surface area contributed by atoms with Crippen LogP contribution in [0.2, 0.25) is 0 Å². The lowest BCUT2D eigenvalue weighted by Gasteiger charge is -2.30. The quantitative estimate of drug-likeness (QED) is 0.916. The Hall–Kier alpha value is -1.35. The normalized spacial score (nSPS) is 25.8. The van der Waals surface area contributed by atoms with Crippen LogP contribution in [0.4, 0.5) is 0 Å². The minimum absolute atomic E-state index is 0.251. The molecule has 1 aliphatic carbocycles. The van der Waals surface area contributed by atoms with Crippen molar-refractivity contribution in [2.75, 3.05) is 20.1 Å². The number of carbonyl (C=O) groups is 1. The van der Waals surface area contributed by atoms with Crippen LogP contribution in [-0.4, -0.2) is 37.0 Å². The number of likely N-dealkylation sites (tertiary alicyclic amines) is 1. The number of benzene rings is 1. The van der Waals surface area contributed by atoms with Crippen LogP contribution >= 0.6 is 0 Å². The lowest BCUT2D eigenvalue weighted by atomic mass is 9.78. The Morgan fingerprint density at radius 3 is 2.55 bits per heavy atom. The summed E-state index contributed by atoms with van der Waals surface area (Å²) in [6, 6.07) is 10.7. The summed E-state index contributed by atoms with van der Waals surface area (Å²) in [5.74, 6) is 0.251. The summed E-state index contributed by atoms with van der Waals surface area (Å²) in [6.45, 7) is 2.07. The number of hydrogen-bond donors (Lipinski definition) is 1. The predicted molar refractivity (Wildman–Crippen MR) is 80.6 cm³/mol. The molecular formula is C17H24N2O. The zero-order chi connectivity index (χ0) is 14.0. The first-order chi connectivity index (χ1) is 9.71. The van der Waals surface area contributed by atoms with Gasteiger partial charge in [-0.3, -0.25) is 4.79 Å². The van der Waals surface area contributed by atoms with Gasteiger partial charge in [-0.25, -0.2) is 0 Å². The molecule has 108 valence electrons. The highest BCUT2D eigenvalue weighted by molar-refractivity contribution is 5.88. The van der Waals surface area contributed by atoms with Gasteiger partial charge in [0.1, 0.15) is 0 Å². The highest BCUT2D eigenvalue weighted by atomic mass is 16.2. The number of amides is 1. The second-order valence-electron chi connectivity index (χ2n) is 6.38. The van der Waals surface area contributed by atoms with E-state index in [2.05, 4.69) is 29.4 Å². The van der Waals surface area contributed by atoms with E-state index in [1.54, 1.807) is 0 Å². The van der Waals surface area contributed by atoms with E-state index in [9.17, 15) is 4.79 Å². The summed E-state index contributed by atoms with van der Waals surface area (Å²) in [5, 5.41) is 3.31. The molecule has 3 nitrogen and oxygen atoms in total. The van der Waals surface area contributed by atoms with Crippen molar-refractivity contribution in [2.45, 2.75) is 43.6 Å². The van der Waals surface area contributed by atoms with E-state index in [0.717, 1.165) is 45.2 Å². The number of nitrogens with zero attached hydrogens (tertiary/aromatic N) is 1. The monoisotopic (exact) mass is 272 g/mol. The lowest BCUT2D eigenvalue weighted by Crippen LogP contribution is -2.47. The molecular weight excluding hydrogens is 248 g/mol.